The molecule has 1 saturated heterocycles. The van der Waals surface area contributed by atoms with Crippen LogP contribution in [0, 0.1) is 5.41 Å². The summed E-state index contributed by atoms with van der Waals surface area (Å²) in [7, 11) is 1.83. The maximum absolute atomic E-state index is 13.4. The second-order valence-electron chi connectivity index (χ2n) is 9.31. The van der Waals surface area contributed by atoms with Gasteiger partial charge in [0.2, 0.25) is 11.8 Å². The van der Waals surface area contributed by atoms with Crippen LogP contribution in [0.15, 0.2) is 73.3 Å². The van der Waals surface area contributed by atoms with E-state index in [1.54, 1.807) is 40.3 Å². The molecule has 2 aromatic carbocycles. The first-order chi connectivity index (χ1) is 16.9. The SMILES string of the molecule is CN(Cc1ccccc1)C(=O)CC1(COc2cccc(Cl)c2)CCCN(C(=O)Cn2ccnc2)C1. The van der Waals surface area contributed by atoms with Gasteiger partial charge in [0.15, 0.2) is 0 Å². The van der Waals surface area contributed by atoms with Gasteiger partial charge in [0, 0.05) is 55.9 Å². The molecule has 1 aliphatic rings. The minimum absolute atomic E-state index is 0.0138. The molecule has 2 amide bonds. The molecule has 0 bridgehead atoms. The number of imidazole rings is 1. The zero-order valence-corrected chi connectivity index (χ0v) is 20.7. The van der Waals surface area contributed by atoms with Gasteiger partial charge in [-0.1, -0.05) is 48.0 Å². The zero-order valence-electron chi connectivity index (χ0n) is 20.0. The van der Waals surface area contributed by atoms with Crippen LogP contribution in [0.25, 0.3) is 0 Å². The topological polar surface area (TPSA) is 67.7 Å². The lowest BCUT2D eigenvalue weighted by Gasteiger charge is -2.43. The average molecular weight is 495 g/mol. The molecule has 1 aliphatic heterocycles. The molecular weight excluding hydrogens is 464 g/mol. The van der Waals surface area contributed by atoms with Crippen LogP contribution in [0.3, 0.4) is 0 Å². The van der Waals surface area contributed by atoms with Crippen molar-refractivity contribution in [2.24, 2.45) is 5.41 Å². The lowest BCUT2D eigenvalue weighted by atomic mass is 9.77. The van der Waals surface area contributed by atoms with Crippen molar-refractivity contribution in [3.8, 4) is 5.75 Å². The van der Waals surface area contributed by atoms with Gasteiger partial charge < -0.3 is 19.1 Å². The van der Waals surface area contributed by atoms with Crippen molar-refractivity contribution in [2.45, 2.75) is 32.4 Å². The molecule has 4 rings (SSSR count). The first-order valence-electron chi connectivity index (χ1n) is 11.8. The minimum atomic E-state index is -0.493. The number of rotatable bonds is 9. The third-order valence-corrected chi connectivity index (χ3v) is 6.68. The number of benzene rings is 2. The number of halogens is 1. The van der Waals surface area contributed by atoms with E-state index in [2.05, 4.69) is 4.98 Å². The molecular formula is C27H31ClN4O3. The van der Waals surface area contributed by atoms with Crippen molar-refractivity contribution in [3.05, 3.63) is 83.9 Å². The molecule has 1 unspecified atom stereocenters. The molecule has 8 heteroatoms. The Morgan fingerprint density at radius 1 is 1.17 bits per heavy atom. The van der Waals surface area contributed by atoms with Gasteiger partial charge in [0.25, 0.3) is 0 Å². The summed E-state index contributed by atoms with van der Waals surface area (Å²) in [6.45, 7) is 2.22. The first-order valence-corrected chi connectivity index (χ1v) is 12.2. The van der Waals surface area contributed by atoms with Crippen molar-refractivity contribution in [2.75, 3.05) is 26.7 Å². The van der Waals surface area contributed by atoms with Gasteiger partial charge >= 0.3 is 0 Å². The highest BCUT2D eigenvalue weighted by molar-refractivity contribution is 6.30. The van der Waals surface area contributed by atoms with E-state index in [9.17, 15) is 9.59 Å². The Hall–Kier alpha value is -3.32. The van der Waals surface area contributed by atoms with E-state index in [-0.39, 0.29) is 18.4 Å². The number of amides is 2. The Bertz CT molecular complexity index is 1120. The van der Waals surface area contributed by atoms with E-state index >= 15 is 0 Å². The van der Waals surface area contributed by atoms with Crippen LogP contribution in [0.4, 0.5) is 0 Å². The fourth-order valence-corrected chi connectivity index (χ4v) is 4.75. The second-order valence-corrected chi connectivity index (χ2v) is 9.75. The monoisotopic (exact) mass is 494 g/mol. The summed E-state index contributed by atoms with van der Waals surface area (Å²) in [4.78, 5) is 34.0. The number of carbonyl (C=O) groups excluding carboxylic acids is 2. The van der Waals surface area contributed by atoms with Crippen molar-refractivity contribution in [1.29, 1.82) is 0 Å². The van der Waals surface area contributed by atoms with Crippen molar-refractivity contribution >= 4 is 23.4 Å². The quantitative estimate of drug-likeness (QED) is 0.445. The maximum atomic E-state index is 13.4. The standard InChI is InChI=1S/C27H31ClN4O3/c1-30(17-22-7-3-2-4-8-22)25(33)16-27(20-35-24-10-5-9-23(28)15-24)11-6-13-32(19-27)26(34)18-31-14-12-29-21-31/h2-5,7-10,12,14-15,21H,6,11,13,16-20H2,1H3. The molecule has 1 aromatic heterocycles. The first kappa shape index (κ1) is 24.8. The van der Waals surface area contributed by atoms with E-state index in [0.717, 1.165) is 18.4 Å². The summed E-state index contributed by atoms with van der Waals surface area (Å²) in [6.07, 6.45) is 6.98. The smallest absolute Gasteiger partial charge is 0.242 e. The van der Waals surface area contributed by atoms with Crippen molar-refractivity contribution in [1.82, 2.24) is 19.4 Å². The average Bonchev–Trinajstić information content (AvgIpc) is 3.37. The van der Waals surface area contributed by atoms with Gasteiger partial charge in [-0.25, -0.2) is 4.98 Å². The van der Waals surface area contributed by atoms with Crippen molar-refractivity contribution < 1.29 is 14.3 Å². The summed E-state index contributed by atoms with van der Waals surface area (Å²) >= 11 is 6.14. The van der Waals surface area contributed by atoms with Crippen LogP contribution in [0.1, 0.15) is 24.8 Å². The summed E-state index contributed by atoms with van der Waals surface area (Å²) in [6, 6.07) is 17.2. The number of aromatic nitrogens is 2. The van der Waals surface area contributed by atoms with Crippen LogP contribution in [0.2, 0.25) is 5.02 Å². The summed E-state index contributed by atoms with van der Waals surface area (Å²) in [5, 5.41) is 0.594. The molecule has 0 N–H and O–H groups in total. The minimum Gasteiger partial charge on any atom is -0.493 e. The van der Waals surface area contributed by atoms with Crippen LogP contribution >= 0.6 is 11.6 Å². The van der Waals surface area contributed by atoms with Crippen LogP contribution in [0.5, 0.6) is 5.75 Å². The summed E-state index contributed by atoms with van der Waals surface area (Å²) in [5.41, 5.74) is 0.584. The van der Waals surface area contributed by atoms with Crippen molar-refractivity contribution in [3.63, 3.8) is 0 Å². The van der Waals surface area contributed by atoms with Gasteiger partial charge in [-0.2, -0.15) is 0 Å². The van der Waals surface area contributed by atoms with E-state index in [0.29, 0.717) is 43.4 Å². The van der Waals surface area contributed by atoms with Gasteiger partial charge in [0.1, 0.15) is 12.3 Å². The van der Waals surface area contributed by atoms with Crippen LogP contribution in [-0.2, 0) is 22.7 Å². The highest BCUT2D eigenvalue weighted by atomic mass is 35.5. The fourth-order valence-electron chi connectivity index (χ4n) is 4.56. The second kappa shape index (κ2) is 11.4. The van der Waals surface area contributed by atoms with Gasteiger partial charge in [-0.05, 0) is 36.6 Å². The lowest BCUT2D eigenvalue weighted by Crippen LogP contribution is -2.51. The van der Waals surface area contributed by atoms with Gasteiger partial charge in [-0.3, -0.25) is 9.59 Å². The molecule has 0 radical (unpaired) electrons. The van der Waals surface area contributed by atoms with E-state index in [1.807, 2.05) is 54.4 Å². The van der Waals surface area contributed by atoms with Gasteiger partial charge in [0.05, 0.1) is 12.9 Å². The summed E-state index contributed by atoms with van der Waals surface area (Å²) in [5.74, 6) is 0.705. The number of hydrogen-bond acceptors (Lipinski definition) is 4. The Kier molecular flexibility index (Phi) is 8.08. The van der Waals surface area contributed by atoms with Gasteiger partial charge in [-0.15, -0.1) is 0 Å². The third kappa shape index (κ3) is 6.85. The molecule has 1 atom stereocenters. The predicted molar refractivity (Wildman–Crippen MR) is 135 cm³/mol. The molecule has 2 heterocycles. The largest absolute Gasteiger partial charge is 0.493 e. The van der Waals surface area contributed by atoms with E-state index in [1.165, 1.54) is 0 Å². The summed E-state index contributed by atoms with van der Waals surface area (Å²) < 4.78 is 7.92. The maximum Gasteiger partial charge on any atom is 0.242 e. The normalized spacial score (nSPS) is 17.7. The molecule has 184 valence electrons. The molecule has 1 fully saturated rings. The fraction of sp³-hybridized carbons (Fsp3) is 0.370. The highest BCUT2D eigenvalue weighted by Crippen LogP contribution is 2.35. The van der Waals surface area contributed by atoms with Crippen LogP contribution in [-0.4, -0.2) is 57.9 Å². The Morgan fingerprint density at radius 2 is 2.00 bits per heavy atom. The predicted octanol–water partition coefficient (Wildman–Crippen LogP) is 4.27. The van der Waals surface area contributed by atoms with Crippen LogP contribution < -0.4 is 4.74 Å². The molecule has 0 saturated carbocycles. The Morgan fingerprint density at radius 3 is 2.74 bits per heavy atom. The van der Waals surface area contributed by atoms with E-state index < -0.39 is 5.41 Å². The number of ether oxygens (including phenoxy) is 1. The molecule has 7 nitrogen and oxygen atoms in total. The lowest BCUT2D eigenvalue weighted by molar-refractivity contribution is -0.141. The molecule has 3 aromatic rings. The molecule has 0 spiro atoms. The number of piperidine rings is 1. The number of hydrogen-bond donors (Lipinski definition) is 0. The Labute approximate surface area is 211 Å². The highest BCUT2D eigenvalue weighted by Gasteiger charge is 2.40. The molecule has 35 heavy (non-hydrogen) atoms. The number of carbonyl (C=O) groups is 2. The third-order valence-electron chi connectivity index (χ3n) is 6.45. The Balaban J connectivity index is 1.49. The van der Waals surface area contributed by atoms with E-state index in [4.69, 9.17) is 16.3 Å². The number of nitrogens with zero attached hydrogens (tertiary/aromatic N) is 4. The zero-order chi connectivity index (χ0) is 24.7. The molecule has 0 aliphatic carbocycles. The number of likely N-dealkylation sites (tertiary alicyclic amines) is 1.